The Hall–Kier alpha value is -1.63. The van der Waals surface area contributed by atoms with Gasteiger partial charge in [-0.25, -0.2) is 0 Å². The molecule has 5 aliphatic rings. The van der Waals surface area contributed by atoms with Crippen LogP contribution in [0.2, 0.25) is 0 Å². The summed E-state index contributed by atoms with van der Waals surface area (Å²) in [6, 6.07) is 4.40. The number of likely N-dealkylation sites (tertiary alicyclic amines) is 1. The second-order valence-corrected chi connectivity index (χ2v) is 12.9. The van der Waals surface area contributed by atoms with E-state index in [4.69, 9.17) is 15.2 Å². The van der Waals surface area contributed by atoms with Crippen LogP contribution in [0.25, 0.3) is 0 Å². The van der Waals surface area contributed by atoms with Gasteiger partial charge in [-0.15, -0.1) is 0 Å². The summed E-state index contributed by atoms with van der Waals surface area (Å²) in [5, 5.41) is 11.9. The quantitative estimate of drug-likeness (QED) is 0.693. The maximum absolute atomic E-state index is 12.4. The van der Waals surface area contributed by atoms with Gasteiger partial charge in [-0.2, -0.15) is 0 Å². The smallest absolute Gasteiger partial charge is 0.252 e. The zero-order valence-electron chi connectivity index (χ0n) is 21.3. The van der Waals surface area contributed by atoms with Gasteiger partial charge in [0, 0.05) is 36.6 Å². The molecular formula is C28H40N2O4. The van der Waals surface area contributed by atoms with E-state index in [1.165, 1.54) is 30.5 Å². The van der Waals surface area contributed by atoms with E-state index in [0.717, 1.165) is 31.7 Å². The third kappa shape index (κ3) is 2.88. The van der Waals surface area contributed by atoms with E-state index >= 15 is 0 Å². The normalized spacial score (nSPS) is 38.1. The zero-order chi connectivity index (χ0) is 24.2. The van der Waals surface area contributed by atoms with E-state index < -0.39 is 11.5 Å². The average molecular weight is 469 g/mol. The number of benzene rings is 1. The van der Waals surface area contributed by atoms with Crippen LogP contribution in [0.15, 0.2) is 12.1 Å². The second kappa shape index (κ2) is 7.21. The first-order chi connectivity index (χ1) is 16.0. The molecule has 1 spiro atoms. The van der Waals surface area contributed by atoms with E-state index in [9.17, 15) is 9.90 Å². The van der Waals surface area contributed by atoms with Gasteiger partial charge in [-0.3, -0.25) is 9.69 Å². The lowest BCUT2D eigenvalue weighted by molar-refractivity contribution is -0.206. The predicted molar refractivity (Wildman–Crippen MR) is 130 cm³/mol. The molecule has 7 atom stereocenters. The highest BCUT2D eigenvalue weighted by molar-refractivity contribution is 5.97. The summed E-state index contributed by atoms with van der Waals surface area (Å²) in [7, 11) is 1.75. The minimum Gasteiger partial charge on any atom is -0.486 e. The third-order valence-corrected chi connectivity index (χ3v) is 10.5. The van der Waals surface area contributed by atoms with E-state index in [2.05, 4.69) is 31.7 Å². The molecule has 34 heavy (non-hydrogen) atoms. The van der Waals surface area contributed by atoms with Gasteiger partial charge < -0.3 is 20.3 Å². The molecule has 2 bridgehead atoms. The fraction of sp³-hybridized carbons (Fsp3) is 0.750. The summed E-state index contributed by atoms with van der Waals surface area (Å²) >= 11 is 0. The molecule has 3 fully saturated rings. The Kier molecular flexibility index (Phi) is 4.83. The van der Waals surface area contributed by atoms with E-state index in [1.807, 2.05) is 13.0 Å². The molecule has 2 saturated carbocycles. The molecule has 6 rings (SSSR count). The molecule has 0 aromatic heterocycles. The van der Waals surface area contributed by atoms with Crippen LogP contribution in [0.5, 0.6) is 5.75 Å². The maximum atomic E-state index is 12.4. The number of hydrogen-bond donors (Lipinski definition) is 2. The Labute approximate surface area is 203 Å². The number of nitrogens with zero attached hydrogens (tertiary/aromatic N) is 1. The highest BCUT2D eigenvalue weighted by atomic mass is 16.5. The molecular weight excluding hydrogens is 428 g/mol. The second-order valence-electron chi connectivity index (χ2n) is 12.9. The Balaban J connectivity index is 1.53. The first kappa shape index (κ1) is 22.8. The van der Waals surface area contributed by atoms with Gasteiger partial charge in [0.25, 0.3) is 5.91 Å². The van der Waals surface area contributed by atoms with Crippen molar-refractivity contribution in [3.8, 4) is 5.75 Å². The number of carbonyl (C=O) groups is 1. The molecule has 1 aromatic carbocycles. The fourth-order valence-corrected chi connectivity index (χ4v) is 8.03. The van der Waals surface area contributed by atoms with Crippen molar-refractivity contribution >= 4 is 5.91 Å². The third-order valence-electron chi connectivity index (χ3n) is 10.5. The number of rotatable bonds is 5. The Morgan fingerprint density at radius 3 is 2.65 bits per heavy atom. The van der Waals surface area contributed by atoms with E-state index in [1.54, 1.807) is 7.11 Å². The van der Waals surface area contributed by atoms with Crippen molar-refractivity contribution in [1.82, 2.24) is 4.90 Å². The molecule has 1 aromatic rings. The number of carbonyl (C=O) groups excluding carboxylic acids is 1. The van der Waals surface area contributed by atoms with Crippen molar-refractivity contribution in [1.29, 1.82) is 0 Å². The van der Waals surface area contributed by atoms with Crippen LogP contribution in [0.3, 0.4) is 0 Å². The molecule has 1 amide bonds. The van der Waals surface area contributed by atoms with Gasteiger partial charge >= 0.3 is 0 Å². The number of piperidine rings is 1. The van der Waals surface area contributed by atoms with Gasteiger partial charge in [0.15, 0.2) is 0 Å². The number of amides is 1. The minimum atomic E-state index is -0.935. The summed E-state index contributed by atoms with van der Waals surface area (Å²) in [6.45, 7) is 10.5. The summed E-state index contributed by atoms with van der Waals surface area (Å²) in [5.41, 5.74) is 7.38. The molecule has 2 heterocycles. The largest absolute Gasteiger partial charge is 0.486 e. The van der Waals surface area contributed by atoms with Crippen LogP contribution in [0.4, 0.5) is 0 Å². The van der Waals surface area contributed by atoms with E-state index in [0.29, 0.717) is 23.3 Å². The molecule has 3 N–H and O–H groups in total. The van der Waals surface area contributed by atoms with E-state index in [-0.39, 0.29) is 29.0 Å². The van der Waals surface area contributed by atoms with Crippen molar-refractivity contribution in [3.63, 3.8) is 0 Å². The van der Waals surface area contributed by atoms with Gasteiger partial charge in [-0.1, -0.05) is 26.8 Å². The number of ether oxygens (including phenoxy) is 2. The van der Waals surface area contributed by atoms with Crippen LogP contribution in [0, 0.1) is 23.2 Å². The molecule has 186 valence electrons. The number of hydrogen-bond acceptors (Lipinski definition) is 5. The van der Waals surface area contributed by atoms with Gasteiger partial charge in [0.1, 0.15) is 18.0 Å². The fourth-order valence-electron chi connectivity index (χ4n) is 8.03. The predicted octanol–water partition coefficient (Wildman–Crippen LogP) is 3.27. The molecule has 6 nitrogen and oxygen atoms in total. The first-order valence-corrected chi connectivity index (χ1v) is 13.1. The topological polar surface area (TPSA) is 85.0 Å². The van der Waals surface area contributed by atoms with Crippen LogP contribution in [-0.2, 0) is 16.6 Å². The standard InChI is InChI=1S/C28H40N2O4/c1-26(2,3)27(4,32)19-13-18-20-12-16-8-9-17(25(29)31)22-21(16)28(18,24(34-22)23(19)33-5)10-11-30(20)14-15-6-7-15/h8-9,15,18-20,23-24,32H,6-7,10-14H2,1-5H3,(H2,29,31)/t18?,19-,20+,23?,24-,27-,28-/m0/s1. The SMILES string of the molecule is COC1[C@@H]([C@](C)(O)C(C)(C)C)CC2[C@H]3Cc4ccc(C(N)=O)c5c4[C@@]2(CCN3CC2CC2)[C@H]1O5. The van der Waals surface area contributed by atoms with Crippen LogP contribution >= 0.6 is 0 Å². The minimum absolute atomic E-state index is 0.0723. The first-order valence-electron chi connectivity index (χ1n) is 13.1. The lowest BCUT2D eigenvalue weighted by Gasteiger charge is -2.63. The average Bonchev–Trinajstić information content (AvgIpc) is 3.51. The summed E-state index contributed by atoms with van der Waals surface area (Å²) < 4.78 is 13.0. The molecule has 2 unspecified atom stereocenters. The van der Waals surface area contributed by atoms with Crippen molar-refractivity contribution in [3.05, 3.63) is 28.8 Å². The Morgan fingerprint density at radius 2 is 2.03 bits per heavy atom. The molecule has 0 radical (unpaired) electrons. The summed E-state index contributed by atoms with van der Waals surface area (Å²) in [4.78, 5) is 15.1. The summed E-state index contributed by atoms with van der Waals surface area (Å²) in [5.74, 6) is 1.36. The molecule has 2 aliphatic heterocycles. The van der Waals surface area contributed by atoms with Crippen molar-refractivity contribution in [2.75, 3.05) is 20.2 Å². The monoisotopic (exact) mass is 468 g/mol. The highest BCUT2D eigenvalue weighted by Gasteiger charge is 2.70. The van der Waals surface area contributed by atoms with Crippen molar-refractivity contribution in [2.45, 2.75) is 89.1 Å². The van der Waals surface area contributed by atoms with Crippen molar-refractivity contribution < 1.29 is 19.4 Å². The Morgan fingerprint density at radius 1 is 1.29 bits per heavy atom. The lowest BCUT2D eigenvalue weighted by atomic mass is 9.47. The van der Waals surface area contributed by atoms with Crippen LogP contribution in [0.1, 0.15) is 74.9 Å². The Bertz CT molecular complexity index is 1030. The van der Waals surface area contributed by atoms with Crippen LogP contribution in [-0.4, -0.2) is 60.0 Å². The zero-order valence-corrected chi connectivity index (χ0v) is 21.3. The van der Waals surface area contributed by atoms with Crippen molar-refractivity contribution in [2.24, 2.45) is 28.9 Å². The maximum Gasteiger partial charge on any atom is 0.252 e. The molecule has 3 aliphatic carbocycles. The number of aliphatic hydroxyl groups is 1. The molecule has 1 saturated heterocycles. The van der Waals surface area contributed by atoms with Gasteiger partial charge in [0.2, 0.25) is 0 Å². The van der Waals surface area contributed by atoms with Crippen LogP contribution < -0.4 is 10.5 Å². The van der Waals surface area contributed by atoms with Gasteiger partial charge in [0.05, 0.1) is 11.2 Å². The molecule has 6 heteroatoms. The summed E-state index contributed by atoms with van der Waals surface area (Å²) in [6.07, 6.45) is 5.07. The lowest BCUT2D eigenvalue weighted by Crippen LogP contribution is -2.71. The number of methoxy groups -OCH3 is 1. The highest BCUT2D eigenvalue weighted by Crippen LogP contribution is 2.65. The number of nitrogens with two attached hydrogens (primary N) is 1. The van der Waals surface area contributed by atoms with Gasteiger partial charge in [-0.05, 0) is 74.5 Å². The number of primary amides is 1.